The topological polar surface area (TPSA) is 33.0 Å². The molecule has 0 atom stereocenters. The Balaban J connectivity index is 2.73. The molecule has 0 N–H and O–H groups in total. The summed E-state index contributed by atoms with van der Waals surface area (Å²) in [5.74, 6) is 0.793. The molecule has 0 bridgehead atoms. The molecule has 15 heavy (non-hydrogen) atoms. The maximum absolute atomic E-state index is 8.52. The summed E-state index contributed by atoms with van der Waals surface area (Å²) in [4.78, 5) is 0. The molecule has 1 aromatic rings. The molecule has 0 amide bonds. The van der Waals surface area contributed by atoms with E-state index in [1.54, 1.807) is 6.08 Å². The second kappa shape index (κ2) is 4.65. The lowest BCUT2D eigenvalue weighted by molar-refractivity contribution is 0.162. The lowest BCUT2D eigenvalue weighted by atomic mass is 10.1. The molecule has 0 heterocycles. The molecule has 2 nitrogen and oxygen atoms in total. The van der Waals surface area contributed by atoms with Gasteiger partial charge in [0, 0.05) is 0 Å². The molecule has 2 heteroatoms. The van der Waals surface area contributed by atoms with Crippen LogP contribution in [0.3, 0.4) is 0 Å². The number of benzene rings is 1. The van der Waals surface area contributed by atoms with E-state index in [0.717, 1.165) is 11.3 Å². The summed E-state index contributed by atoms with van der Waals surface area (Å²) in [6.45, 7) is 7.60. The van der Waals surface area contributed by atoms with Gasteiger partial charge in [-0.3, -0.25) is 0 Å². The third kappa shape index (κ3) is 3.47. The van der Waals surface area contributed by atoms with Gasteiger partial charge in [-0.25, -0.2) is 0 Å². The first-order valence-electron chi connectivity index (χ1n) is 4.86. The van der Waals surface area contributed by atoms with Crippen LogP contribution in [-0.2, 0) is 6.42 Å². The van der Waals surface area contributed by atoms with Crippen LogP contribution in [0.5, 0.6) is 5.75 Å². The Hall–Kier alpha value is -1.75. The van der Waals surface area contributed by atoms with Crippen LogP contribution < -0.4 is 4.74 Å². The number of nitrogens with zero attached hydrogens (tertiary/aromatic N) is 1. The van der Waals surface area contributed by atoms with Crippen LogP contribution >= 0.6 is 0 Å². The second-order valence-corrected chi connectivity index (χ2v) is 3.89. The summed E-state index contributed by atoms with van der Waals surface area (Å²) in [6.07, 6.45) is 2.20. The molecule has 1 rings (SSSR count). The lowest BCUT2D eigenvalue weighted by Gasteiger charge is -2.22. The van der Waals surface area contributed by atoms with Crippen LogP contribution in [0, 0.1) is 11.3 Å². The van der Waals surface area contributed by atoms with E-state index in [1.807, 2.05) is 38.1 Å². The highest BCUT2D eigenvalue weighted by Gasteiger charge is 2.13. The van der Waals surface area contributed by atoms with Gasteiger partial charge in [-0.05, 0) is 37.6 Å². The number of ether oxygens (including phenoxy) is 1. The highest BCUT2D eigenvalue weighted by atomic mass is 16.5. The number of rotatable bonds is 4. The van der Waals surface area contributed by atoms with Crippen LogP contribution in [-0.4, -0.2) is 5.60 Å². The molecule has 0 saturated heterocycles. The van der Waals surface area contributed by atoms with Crippen LogP contribution in [0.1, 0.15) is 19.4 Å². The molecule has 0 fully saturated rings. The standard InChI is InChI=1S/C13H15NO/c1-4-13(2,3)15-12-7-5-11(6-8-12)9-10-14/h4-8H,1,9H2,2-3H3. The Kier molecular flexibility index (Phi) is 3.51. The fourth-order valence-electron chi connectivity index (χ4n) is 1.11. The third-order valence-electron chi connectivity index (χ3n) is 2.08. The van der Waals surface area contributed by atoms with E-state index in [-0.39, 0.29) is 5.60 Å². The van der Waals surface area contributed by atoms with Crippen molar-refractivity contribution in [3.8, 4) is 11.8 Å². The normalized spacial score (nSPS) is 10.5. The predicted molar refractivity (Wildman–Crippen MR) is 60.7 cm³/mol. The molecule has 0 saturated carbocycles. The van der Waals surface area contributed by atoms with Crippen molar-refractivity contribution < 1.29 is 4.74 Å². The minimum Gasteiger partial charge on any atom is -0.484 e. The zero-order chi connectivity index (χ0) is 11.3. The first kappa shape index (κ1) is 11.3. The average Bonchev–Trinajstić information content (AvgIpc) is 2.21. The molecule has 78 valence electrons. The van der Waals surface area contributed by atoms with E-state index >= 15 is 0 Å². The van der Waals surface area contributed by atoms with E-state index < -0.39 is 0 Å². The number of hydrogen-bond donors (Lipinski definition) is 0. The Labute approximate surface area is 90.8 Å². The minimum absolute atomic E-state index is 0.364. The molecular formula is C13H15NO. The van der Waals surface area contributed by atoms with Crippen molar-refractivity contribution in [2.75, 3.05) is 0 Å². The highest BCUT2D eigenvalue weighted by molar-refractivity contribution is 5.29. The van der Waals surface area contributed by atoms with Gasteiger partial charge in [0.15, 0.2) is 0 Å². The van der Waals surface area contributed by atoms with Crippen molar-refractivity contribution >= 4 is 0 Å². The summed E-state index contributed by atoms with van der Waals surface area (Å²) in [5, 5.41) is 8.52. The molecule has 0 radical (unpaired) electrons. The van der Waals surface area contributed by atoms with E-state index in [0.29, 0.717) is 6.42 Å². The zero-order valence-corrected chi connectivity index (χ0v) is 9.16. The van der Waals surface area contributed by atoms with E-state index in [4.69, 9.17) is 10.00 Å². The van der Waals surface area contributed by atoms with Gasteiger partial charge in [0.1, 0.15) is 11.4 Å². The first-order chi connectivity index (χ1) is 7.07. The van der Waals surface area contributed by atoms with Crippen LogP contribution in [0.4, 0.5) is 0 Å². The summed E-state index contributed by atoms with van der Waals surface area (Å²) >= 11 is 0. The number of hydrogen-bond acceptors (Lipinski definition) is 2. The lowest BCUT2D eigenvalue weighted by Crippen LogP contribution is -2.24. The molecule has 0 aromatic heterocycles. The summed E-state index contributed by atoms with van der Waals surface area (Å²) < 4.78 is 5.68. The van der Waals surface area contributed by atoms with Crippen molar-refractivity contribution in [2.24, 2.45) is 0 Å². The Morgan fingerprint density at radius 2 is 2.00 bits per heavy atom. The molecule has 0 aliphatic carbocycles. The van der Waals surface area contributed by atoms with Crippen molar-refractivity contribution in [2.45, 2.75) is 25.9 Å². The van der Waals surface area contributed by atoms with E-state index in [9.17, 15) is 0 Å². The fourth-order valence-corrected chi connectivity index (χ4v) is 1.11. The molecule has 0 aliphatic heterocycles. The monoisotopic (exact) mass is 201 g/mol. The van der Waals surface area contributed by atoms with Gasteiger partial charge < -0.3 is 4.74 Å². The molecule has 0 unspecified atom stereocenters. The third-order valence-corrected chi connectivity index (χ3v) is 2.08. The van der Waals surface area contributed by atoms with Gasteiger partial charge in [-0.15, -0.1) is 0 Å². The Morgan fingerprint density at radius 3 is 2.47 bits per heavy atom. The average molecular weight is 201 g/mol. The van der Waals surface area contributed by atoms with Gasteiger partial charge in [0.2, 0.25) is 0 Å². The number of nitriles is 1. The van der Waals surface area contributed by atoms with E-state index in [1.165, 1.54) is 0 Å². The fraction of sp³-hybridized carbons (Fsp3) is 0.308. The van der Waals surface area contributed by atoms with Gasteiger partial charge >= 0.3 is 0 Å². The van der Waals surface area contributed by atoms with Crippen LogP contribution in [0.15, 0.2) is 36.9 Å². The van der Waals surface area contributed by atoms with E-state index in [2.05, 4.69) is 12.6 Å². The maximum atomic E-state index is 8.52. The molecule has 1 aromatic carbocycles. The predicted octanol–water partition coefficient (Wildman–Crippen LogP) is 3.10. The van der Waals surface area contributed by atoms with Crippen molar-refractivity contribution in [3.05, 3.63) is 42.5 Å². The van der Waals surface area contributed by atoms with Gasteiger partial charge in [0.05, 0.1) is 12.5 Å². The van der Waals surface area contributed by atoms with Crippen molar-refractivity contribution in [1.29, 1.82) is 5.26 Å². The molecule has 0 spiro atoms. The zero-order valence-electron chi connectivity index (χ0n) is 9.16. The molecule has 0 aliphatic rings. The van der Waals surface area contributed by atoms with Crippen molar-refractivity contribution in [3.63, 3.8) is 0 Å². The smallest absolute Gasteiger partial charge is 0.121 e. The minimum atomic E-state index is -0.364. The van der Waals surface area contributed by atoms with Crippen LogP contribution in [0.2, 0.25) is 0 Å². The first-order valence-corrected chi connectivity index (χ1v) is 4.86. The Bertz CT molecular complexity index is 371. The van der Waals surface area contributed by atoms with Crippen molar-refractivity contribution in [1.82, 2.24) is 0 Å². The van der Waals surface area contributed by atoms with Gasteiger partial charge in [0.25, 0.3) is 0 Å². The second-order valence-electron chi connectivity index (χ2n) is 3.89. The SMILES string of the molecule is C=CC(C)(C)Oc1ccc(CC#N)cc1. The highest BCUT2D eigenvalue weighted by Crippen LogP contribution is 2.19. The molecular weight excluding hydrogens is 186 g/mol. The quantitative estimate of drug-likeness (QED) is 0.701. The Morgan fingerprint density at radius 1 is 1.40 bits per heavy atom. The summed E-state index contributed by atoms with van der Waals surface area (Å²) in [7, 11) is 0. The van der Waals surface area contributed by atoms with Gasteiger partial charge in [-0.2, -0.15) is 5.26 Å². The largest absolute Gasteiger partial charge is 0.484 e. The van der Waals surface area contributed by atoms with Crippen LogP contribution in [0.25, 0.3) is 0 Å². The maximum Gasteiger partial charge on any atom is 0.121 e. The van der Waals surface area contributed by atoms with Gasteiger partial charge in [-0.1, -0.05) is 18.7 Å². The summed E-state index contributed by atoms with van der Waals surface area (Å²) in [6, 6.07) is 9.65. The summed E-state index contributed by atoms with van der Waals surface area (Å²) in [5.41, 5.74) is 0.637.